The largest absolute Gasteiger partial charge is 0.468 e. The van der Waals surface area contributed by atoms with Gasteiger partial charge in [-0.2, -0.15) is 0 Å². The average Bonchev–Trinajstić information content (AvgIpc) is 2.92. The molecule has 0 spiro atoms. The van der Waals surface area contributed by atoms with Gasteiger partial charge in [-0.05, 0) is 30.3 Å². The number of aromatic nitrogens is 1. The minimum atomic E-state index is 0.479. The second-order valence-corrected chi connectivity index (χ2v) is 5.56. The maximum Gasteiger partial charge on any atom is 0.122 e. The Labute approximate surface area is 127 Å². The van der Waals surface area contributed by atoms with E-state index in [1.807, 2.05) is 12.4 Å². The molecule has 4 nitrogen and oxygen atoms in total. The lowest BCUT2D eigenvalue weighted by Gasteiger charge is -2.20. The summed E-state index contributed by atoms with van der Waals surface area (Å²) in [7, 11) is 0. The summed E-state index contributed by atoms with van der Waals surface area (Å²) in [5, 5.41) is 3.44. The van der Waals surface area contributed by atoms with E-state index in [-0.39, 0.29) is 0 Å². The minimum absolute atomic E-state index is 0.479. The predicted molar refractivity (Wildman–Crippen MR) is 84.7 cm³/mol. The first-order valence-corrected chi connectivity index (χ1v) is 7.59. The van der Waals surface area contributed by atoms with Crippen molar-refractivity contribution in [3.63, 3.8) is 0 Å². The fourth-order valence-electron chi connectivity index (χ4n) is 2.21. The predicted octanol–water partition coefficient (Wildman–Crippen LogP) is 3.19. The van der Waals surface area contributed by atoms with Crippen molar-refractivity contribution in [1.82, 2.24) is 15.2 Å². The van der Waals surface area contributed by atoms with Crippen LogP contribution in [-0.2, 0) is 19.6 Å². The summed E-state index contributed by atoms with van der Waals surface area (Å²) in [6.07, 6.45) is 5.47. The van der Waals surface area contributed by atoms with Crippen LogP contribution < -0.4 is 5.32 Å². The van der Waals surface area contributed by atoms with E-state index in [2.05, 4.69) is 54.2 Å². The number of rotatable bonds is 8. The van der Waals surface area contributed by atoms with Gasteiger partial charge in [0.05, 0.1) is 12.8 Å². The summed E-state index contributed by atoms with van der Waals surface area (Å²) in [5.41, 5.74) is 2.53. The first-order valence-electron chi connectivity index (χ1n) is 7.59. The highest BCUT2D eigenvalue weighted by atomic mass is 16.3. The highest BCUT2D eigenvalue weighted by molar-refractivity contribution is 5.17. The molecular formula is C17H25N3O. The fourth-order valence-corrected chi connectivity index (χ4v) is 2.21. The molecule has 2 heterocycles. The van der Waals surface area contributed by atoms with Crippen LogP contribution >= 0.6 is 0 Å². The molecule has 1 N–H and O–H groups in total. The Morgan fingerprint density at radius 3 is 2.62 bits per heavy atom. The van der Waals surface area contributed by atoms with Crippen molar-refractivity contribution in [1.29, 1.82) is 0 Å². The third-order valence-corrected chi connectivity index (χ3v) is 3.51. The van der Waals surface area contributed by atoms with Gasteiger partial charge in [0.2, 0.25) is 0 Å². The minimum Gasteiger partial charge on any atom is -0.468 e. The second kappa shape index (κ2) is 7.96. The van der Waals surface area contributed by atoms with Crippen molar-refractivity contribution in [3.05, 3.63) is 53.7 Å². The third-order valence-electron chi connectivity index (χ3n) is 3.51. The van der Waals surface area contributed by atoms with Crippen molar-refractivity contribution in [2.24, 2.45) is 0 Å². The van der Waals surface area contributed by atoms with Gasteiger partial charge in [0.25, 0.3) is 0 Å². The molecule has 0 aliphatic heterocycles. The fraction of sp³-hybridized carbons (Fsp3) is 0.471. The molecule has 2 aromatic rings. The molecule has 0 unspecified atom stereocenters. The Balaban J connectivity index is 1.97. The summed E-state index contributed by atoms with van der Waals surface area (Å²) in [6, 6.07) is 6.66. The van der Waals surface area contributed by atoms with E-state index in [1.165, 1.54) is 11.1 Å². The van der Waals surface area contributed by atoms with Gasteiger partial charge in [-0.1, -0.05) is 20.8 Å². The number of pyridine rings is 1. The van der Waals surface area contributed by atoms with Crippen molar-refractivity contribution < 1.29 is 4.42 Å². The van der Waals surface area contributed by atoms with Crippen LogP contribution in [0.1, 0.15) is 37.7 Å². The van der Waals surface area contributed by atoms with Crippen molar-refractivity contribution in [2.45, 2.75) is 46.4 Å². The molecule has 4 heteroatoms. The normalized spacial score (nSPS) is 11.5. The van der Waals surface area contributed by atoms with Crippen LogP contribution in [0, 0.1) is 0 Å². The molecule has 0 aliphatic rings. The van der Waals surface area contributed by atoms with E-state index in [0.29, 0.717) is 6.04 Å². The molecule has 0 fully saturated rings. The Bertz CT molecular complexity index is 522. The monoisotopic (exact) mass is 287 g/mol. The summed E-state index contributed by atoms with van der Waals surface area (Å²) < 4.78 is 5.67. The lowest BCUT2D eigenvalue weighted by molar-refractivity contribution is 0.246. The van der Waals surface area contributed by atoms with Crippen LogP contribution in [0.25, 0.3) is 0 Å². The van der Waals surface area contributed by atoms with Gasteiger partial charge in [-0.25, -0.2) is 0 Å². The number of nitrogens with zero attached hydrogens (tertiary/aromatic N) is 2. The first-order chi connectivity index (χ1) is 10.2. The number of hydrogen-bond acceptors (Lipinski definition) is 4. The van der Waals surface area contributed by atoms with Gasteiger partial charge in [-0.15, -0.1) is 0 Å². The molecule has 0 atom stereocenters. The zero-order valence-electron chi connectivity index (χ0n) is 13.2. The van der Waals surface area contributed by atoms with Crippen LogP contribution in [0.5, 0.6) is 0 Å². The van der Waals surface area contributed by atoms with Gasteiger partial charge in [-0.3, -0.25) is 9.88 Å². The molecular weight excluding hydrogens is 262 g/mol. The van der Waals surface area contributed by atoms with Crippen molar-refractivity contribution in [3.8, 4) is 0 Å². The standard InChI is InChI=1S/C17H25N3O/c1-4-20(12-15-5-8-18-9-6-15)13-17-16(7-10-21-17)11-19-14(2)3/h5-10,14,19H,4,11-13H2,1-3H3. The molecule has 21 heavy (non-hydrogen) atoms. The Hall–Kier alpha value is -1.65. The van der Waals surface area contributed by atoms with Crippen LogP contribution in [0.4, 0.5) is 0 Å². The number of furan rings is 1. The van der Waals surface area contributed by atoms with E-state index < -0.39 is 0 Å². The zero-order valence-corrected chi connectivity index (χ0v) is 13.2. The Kier molecular flexibility index (Phi) is 5.96. The molecule has 0 bridgehead atoms. The second-order valence-electron chi connectivity index (χ2n) is 5.56. The van der Waals surface area contributed by atoms with Crippen molar-refractivity contribution >= 4 is 0 Å². The molecule has 0 radical (unpaired) electrons. The lowest BCUT2D eigenvalue weighted by atomic mass is 10.2. The van der Waals surface area contributed by atoms with Gasteiger partial charge < -0.3 is 9.73 Å². The van der Waals surface area contributed by atoms with Crippen molar-refractivity contribution in [2.75, 3.05) is 6.54 Å². The van der Waals surface area contributed by atoms with Gasteiger partial charge in [0.15, 0.2) is 0 Å². The van der Waals surface area contributed by atoms with Crippen LogP contribution in [-0.4, -0.2) is 22.5 Å². The maximum atomic E-state index is 5.67. The smallest absolute Gasteiger partial charge is 0.122 e. The highest BCUT2D eigenvalue weighted by Crippen LogP contribution is 2.15. The van der Waals surface area contributed by atoms with E-state index in [9.17, 15) is 0 Å². The molecule has 114 valence electrons. The molecule has 2 aromatic heterocycles. The van der Waals surface area contributed by atoms with Gasteiger partial charge >= 0.3 is 0 Å². The van der Waals surface area contributed by atoms with Crippen LogP contribution in [0.15, 0.2) is 41.3 Å². The van der Waals surface area contributed by atoms with Gasteiger partial charge in [0, 0.05) is 37.1 Å². The van der Waals surface area contributed by atoms with Crippen LogP contribution in [0.3, 0.4) is 0 Å². The number of nitrogens with one attached hydrogen (secondary N) is 1. The van der Waals surface area contributed by atoms with E-state index in [4.69, 9.17) is 4.42 Å². The third kappa shape index (κ3) is 4.99. The average molecular weight is 287 g/mol. The zero-order chi connectivity index (χ0) is 15.1. The quantitative estimate of drug-likeness (QED) is 0.809. The molecule has 0 saturated heterocycles. The molecule has 0 saturated carbocycles. The van der Waals surface area contributed by atoms with Crippen LogP contribution in [0.2, 0.25) is 0 Å². The van der Waals surface area contributed by atoms with Gasteiger partial charge in [0.1, 0.15) is 5.76 Å². The Morgan fingerprint density at radius 1 is 1.19 bits per heavy atom. The topological polar surface area (TPSA) is 41.3 Å². The summed E-state index contributed by atoms with van der Waals surface area (Å²) in [6.45, 7) is 10.1. The molecule has 2 rings (SSSR count). The molecule has 0 aliphatic carbocycles. The summed E-state index contributed by atoms with van der Waals surface area (Å²) in [4.78, 5) is 6.43. The van der Waals surface area contributed by atoms with E-state index in [1.54, 1.807) is 6.26 Å². The summed E-state index contributed by atoms with van der Waals surface area (Å²) >= 11 is 0. The SMILES string of the molecule is CCN(Cc1ccncc1)Cc1occc1CNC(C)C. The molecule has 0 amide bonds. The maximum absolute atomic E-state index is 5.67. The molecule has 0 aromatic carbocycles. The number of hydrogen-bond donors (Lipinski definition) is 1. The summed E-state index contributed by atoms with van der Waals surface area (Å²) in [5.74, 6) is 1.05. The Morgan fingerprint density at radius 2 is 1.95 bits per heavy atom. The lowest BCUT2D eigenvalue weighted by Crippen LogP contribution is -2.25. The highest BCUT2D eigenvalue weighted by Gasteiger charge is 2.11. The first kappa shape index (κ1) is 15.7. The van der Waals surface area contributed by atoms with E-state index in [0.717, 1.165) is 31.9 Å². The van der Waals surface area contributed by atoms with E-state index >= 15 is 0 Å².